The molecule has 1 fully saturated rings. The molecule has 1 aliphatic rings. The molecule has 0 saturated carbocycles. The molecule has 20 heavy (non-hydrogen) atoms. The van der Waals surface area contributed by atoms with Crippen LogP contribution in [0.4, 0.5) is 4.39 Å². The smallest absolute Gasteiger partial charge is 0.236 e. The SMILES string of the molecule is CCC1(CC)CC(=O)N(Cc2ccc(F)cc2Br)C1=O. The molecule has 0 atom stereocenters. The van der Waals surface area contributed by atoms with Crippen LogP contribution in [0.2, 0.25) is 0 Å². The minimum absolute atomic E-state index is 0.108. The van der Waals surface area contributed by atoms with Crippen LogP contribution in [0.25, 0.3) is 0 Å². The summed E-state index contributed by atoms with van der Waals surface area (Å²) in [4.78, 5) is 25.9. The van der Waals surface area contributed by atoms with E-state index in [1.54, 1.807) is 6.07 Å². The van der Waals surface area contributed by atoms with Crippen LogP contribution in [0.15, 0.2) is 22.7 Å². The Morgan fingerprint density at radius 3 is 2.45 bits per heavy atom. The Morgan fingerprint density at radius 1 is 1.30 bits per heavy atom. The van der Waals surface area contributed by atoms with Crippen molar-refractivity contribution in [3.8, 4) is 0 Å². The van der Waals surface area contributed by atoms with Crippen molar-refractivity contribution in [3.63, 3.8) is 0 Å². The lowest BCUT2D eigenvalue weighted by Crippen LogP contribution is -2.34. The highest BCUT2D eigenvalue weighted by atomic mass is 79.9. The fourth-order valence-electron chi connectivity index (χ4n) is 2.64. The fourth-order valence-corrected chi connectivity index (χ4v) is 3.12. The van der Waals surface area contributed by atoms with Crippen LogP contribution in [0.3, 0.4) is 0 Å². The third kappa shape index (κ3) is 2.51. The number of carbonyl (C=O) groups excluding carboxylic acids is 2. The second-order valence-corrected chi connectivity index (χ2v) is 6.04. The van der Waals surface area contributed by atoms with Gasteiger partial charge in [-0.3, -0.25) is 14.5 Å². The zero-order valence-corrected chi connectivity index (χ0v) is 13.2. The molecule has 1 saturated heterocycles. The number of hydrogen-bond acceptors (Lipinski definition) is 2. The summed E-state index contributed by atoms with van der Waals surface area (Å²) in [5.41, 5.74) is 0.181. The monoisotopic (exact) mass is 341 g/mol. The summed E-state index contributed by atoms with van der Waals surface area (Å²) in [6.45, 7) is 4.07. The third-order valence-corrected chi connectivity index (χ3v) is 4.92. The topological polar surface area (TPSA) is 37.4 Å². The number of hydrogen-bond donors (Lipinski definition) is 0. The normalized spacial score (nSPS) is 17.9. The molecule has 5 heteroatoms. The van der Waals surface area contributed by atoms with Crippen molar-refractivity contribution in [2.45, 2.75) is 39.7 Å². The van der Waals surface area contributed by atoms with E-state index in [0.717, 1.165) is 5.56 Å². The van der Waals surface area contributed by atoms with Crippen LogP contribution >= 0.6 is 15.9 Å². The standard InChI is InChI=1S/C15H17BrFNO2/c1-3-15(4-2)8-13(19)18(14(15)20)9-10-5-6-11(17)7-12(10)16/h5-7H,3-4,8-9H2,1-2H3. The number of likely N-dealkylation sites (tertiary alicyclic amines) is 1. The number of amides is 2. The molecule has 0 aromatic heterocycles. The number of halogens is 2. The highest BCUT2D eigenvalue weighted by molar-refractivity contribution is 9.10. The number of rotatable bonds is 4. The number of benzene rings is 1. The molecule has 0 spiro atoms. The van der Waals surface area contributed by atoms with Crippen LogP contribution in [0.1, 0.15) is 38.7 Å². The summed E-state index contributed by atoms with van der Waals surface area (Å²) in [7, 11) is 0. The number of nitrogens with zero attached hydrogens (tertiary/aromatic N) is 1. The molecule has 108 valence electrons. The molecule has 3 nitrogen and oxygen atoms in total. The van der Waals surface area contributed by atoms with Crippen molar-refractivity contribution >= 4 is 27.7 Å². The molecule has 0 N–H and O–H groups in total. The third-order valence-electron chi connectivity index (χ3n) is 4.19. The van der Waals surface area contributed by atoms with Gasteiger partial charge in [0.2, 0.25) is 11.8 Å². The Hall–Kier alpha value is -1.23. The predicted octanol–water partition coefficient (Wildman–Crippen LogP) is 3.65. The maximum atomic E-state index is 13.1. The Kier molecular flexibility index (Phi) is 4.28. The van der Waals surface area contributed by atoms with E-state index in [-0.39, 0.29) is 30.6 Å². The van der Waals surface area contributed by atoms with Gasteiger partial charge in [0.15, 0.2) is 0 Å². The fraction of sp³-hybridized carbons (Fsp3) is 0.467. The summed E-state index contributed by atoms with van der Waals surface area (Å²) in [5, 5.41) is 0. The molecular weight excluding hydrogens is 325 g/mol. The van der Waals surface area contributed by atoms with E-state index < -0.39 is 5.41 Å². The minimum Gasteiger partial charge on any atom is -0.278 e. The zero-order valence-electron chi connectivity index (χ0n) is 11.6. The van der Waals surface area contributed by atoms with Gasteiger partial charge in [0.1, 0.15) is 5.82 Å². The van der Waals surface area contributed by atoms with E-state index in [1.807, 2.05) is 13.8 Å². The van der Waals surface area contributed by atoms with Gasteiger partial charge in [-0.1, -0.05) is 35.8 Å². The first kappa shape index (κ1) is 15.2. The van der Waals surface area contributed by atoms with E-state index in [0.29, 0.717) is 17.3 Å². The van der Waals surface area contributed by atoms with Gasteiger partial charge in [-0.15, -0.1) is 0 Å². The highest BCUT2D eigenvalue weighted by Crippen LogP contribution is 2.40. The second-order valence-electron chi connectivity index (χ2n) is 5.18. The van der Waals surface area contributed by atoms with Crippen molar-refractivity contribution in [3.05, 3.63) is 34.1 Å². The van der Waals surface area contributed by atoms with Crippen molar-refractivity contribution < 1.29 is 14.0 Å². The van der Waals surface area contributed by atoms with Crippen LogP contribution in [-0.4, -0.2) is 16.7 Å². The van der Waals surface area contributed by atoms with E-state index in [4.69, 9.17) is 0 Å². The van der Waals surface area contributed by atoms with Crippen molar-refractivity contribution in [2.24, 2.45) is 5.41 Å². The Balaban J connectivity index is 2.26. The predicted molar refractivity (Wildman–Crippen MR) is 77.3 cm³/mol. The number of imide groups is 1. The first-order valence-electron chi connectivity index (χ1n) is 6.72. The average Bonchev–Trinajstić information content (AvgIpc) is 2.66. The van der Waals surface area contributed by atoms with Crippen LogP contribution in [0.5, 0.6) is 0 Å². The van der Waals surface area contributed by atoms with Gasteiger partial charge >= 0.3 is 0 Å². The van der Waals surface area contributed by atoms with Crippen molar-refractivity contribution in [1.82, 2.24) is 4.90 Å². The lowest BCUT2D eigenvalue weighted by atomic mass is 9.81. The molecule has 0 radical (unpaired) electrons. The molecule has 1 heterocycles. The summed E-state index contributed by atoms with van der Waals surface area (Å²) in [6.07, 6.45) is 1.60. The molecule has 2 amide bonds. The van der Waals surface area contributed by atoms with Crippen molar-refractivity contribution in [1.29, 1.82) is 0 Å². The molecule has 2 rings (SSSR count). The van der Waals surface area contributed by atoms with Gasteiger partial charge in [0, 0.05) is 10.9 Å². The Bertz CT molecular complexity index is 555. The first-order valence-corrected chi connectivity index (χ1v) is 7.51. The summed E-state index contributed by atoms with van der Waals surface area (Å²) in [5.74, 6) is -0.602. The van der Waals surface area contributed by atoms with Gasteiger partial charge < -0.3 is 0 Å². The highest BCUT2D eigenvalue weighted by Gasteiger charge is 2.48. The molecular formula is C15H17BrFNO2. The largest absolute Gasteiger partial charge is 0.278 e. The van der Waals surface area contributed by atoms with Crippen LogP contribution < -0.4 is 0 Å². The average molecular weight is 342 g/mol. The molecule has 0 bridgehead atoms. The zero-order chi connectivity index (χ0) is 14.9. The van der Waals surface area contributed by atoms with E-state index in [2.05, 4.69) is 15.9 Å². The minimum atomic E-state index is -0.552. The summed E-state index contributed by atoms with van der Waals surface area (Å²) in [6, 6.07) is 4.27. The maximum Gasteiger partial charge on any atom is 0.236 e. The summed E-state index contributed by atoms with van der Waals surface area (Å²) >= 11 is 3.27. The van der Waals surface area contributed by atoms with E-state index in [1.165, 1.54) is 17.0 Å². The number of carbonyl (C=O) groups is 2. The summed E-state index contributed by atoms with van der Waals surface area (Å²) < 4.78 is 13.6. The van der Waals surface area contributed by atoms with Crippen molar-refractivity contribution in [2.75, 3.05) is 0 Å². The lowest BCUT2D eigenvalue weighted by molar-refractivity contribution is -0.142. The van der Waals surface area contributed by atoms with Gasteiger partial charge in [0.05, 0.1) is 12.0 Å². The lowest BCUT2D eigenvalue weighted by Gasteiger charge is -2.23. The Morgan fingerprint density at radius 2 is 1.95 bits per heavy atom. The molecule has 1 aromatic rings. The molecule has 1 aromatic carbocycles. The molecule has 0 unspecified atom stereocenters. The first-order chi connectivity index (χ1) is 9.43. The van der Waals surface area contributed by atoms with Gasteiger partial charge in [-0.05, 0) is 30.5 Å². The van der Waals surface area contributed by atoms with E-state index in [9.17, 15) is 14.0 Å². The molecule has 1 aliphatic heterocycles. The second kappa shape index (κ2) is 5.64. The van der Waals surface area contributed by atoms with Gasteiger partial charge in [-0.25, -0.2) is 4.39 Å². The maximum absolute atomic E-state index is 13.1. The van der Waals surface area contributed by atoms with Crippen LogP contribution in [0, 0.1) is 11.2 Å². The molecule has 0 aliphatic carbocycles. The van der Waals surface area contributed by atoms with Crippen LogP contribution in [-0.2, 0) is 16.1 Å². The Labute approximate surface area is 126 Å². The van der Waals surface area contributed by atoms with Gasteiger partial charge in [0.25, 0.3) is 0 Å². The quantitative estimate of drug-likeness (QED) is 0.784. The van der Waals surface area contributed by atoms with Gasteiger partial charge in [-0.2, -0.15) is 0 Å². The van der Waals surface area contributed by atoms with E-state index >= 15 is 0 Å².